The van der Waals surface area contributed by atoms with Gasteiger partial charge in [0.15, 0.2) is 6.10 Å². The summed E-state index contributed by atoms with van der Waals surface area (Å²) in [5.74, 6) is -0.850. The van der Waals surface area contributed by atoms with Gasteiger partial charge in [0.25, 0.3) is 0 Å². The summed E-state index contributed by atoms with van der Waals surface area (Å²) in [7, 11) is 1.44. The van der Waals surface area contributed by atoms with Crippen LogP contribution >= 0.6 is 7.82 Å². The molecule has 0 heterocycles. The van der Waals surface area contributed by atoms with Gasteiger partial charge >= 0.3 is 19.8 Å². The summed E-state index contributed by atoms with van der Waals surface area (Å²) in [6.45, 7) is 4.23. The molecule has 1 unspecified atom stereocenters. The van der Waals surface area contributed by atoms with Gasteiger partial charge < -0.3 is 18.9 Å². The van der Waals surface area contributed by atoms with Gasteiger partial charge in [-0.2, -0.15) is 0 Å². The summed E-state index contributed by atoms with van der Waals surface area (Å²) in [6.07, 6.45) is 37.3. The largest absolute Gasteiger partial charge is 0.472 e. The SMILES string of the molecule is CC/C=C\C/C=C\C/C=C\C/C=C\CCCCC(=O)O[C@H](COC(=O)CCCCCCCCCCCCCC)COP(=O)(O)OCC[N+](C)(C)C. The summed E-state index contributed by atoms with van der Waals surface area (Å²) in [5, 5.41) is 0. The first-order valence-corrected chi connectivity index (χ1v) is 21.4. The Labute approximate surface area is 312 Å². The van der Waals surface area contributed by atoms with Gasteiger partial charge in [0.1, 0.15) is 19.8 Å². The van der Waals surface area contributed by atoms with Crippen LogP contribution in [0.25, 0.3) is 0 Å². The lowest BCUT2D eigenvalue weighted by molar-refractivity contribution is -0.870. The summed E-state index contributed by atoms with van der Waals surface area (Å²) in [4.78, 5) is 35.2. The van der Waals surface area contributed by atoms with E-state index < -0.39 is 26.5 Å². The molecule has 10 heteroatoms. The predicted octanol–water partition coefficient (Wildman–Crippen LogP) is 10.7. The Kier molecular flexibility index (Phi) is 32.4. The lowest BCUT2D eigenvalue weighted by Gasteiger charge is -2.24. The minimum Gasteiger partial charge on any atom is -0.462 e. The van der Waals surface area contributed by atoms with Crippen LogP contribution in [0.15, 0.2) is 48.6 Å². The van der Waals surface area contributed by atoms with Crippen LogP contribution in [0.3, 0.4) is 0 Å². The number of likely N-dealkylation sites (N-methyl/N-ethyl adjacent to an activating group) is 1. The van der Waals surface area contributed by atoms with Crippen molar-refractivity contribution >= 4 is 19.8 Å². The summed E-state index contributed by atoms with van der Waals surface area (Å²) in [6, 6.07) is 0. The van der Waals surface area contributed by atoms with Gasteiger partial charge in [0.2, 0.25) is 0 Å². The maximum atomic E-state index is 12.6. The first-order valence-electron chi connectivity index (χ1n) is 19.9. The van der Waals surface area contributed by atoms with Crippen LogP contribution in [-0.4, -0.2) is 74.9 Å². The highest BCUT2D eigenvalue weighted by Crippen LogP contribution is 2.43. The quantitative estimate of drug-likeness (QED) is 0.0225. The third kappa shape index (κ3) is 37.5. The molecule has 51 heavy (non-hydrogen) atoms. The van der Waals surface area contributed by atoms with Crippen molar-refractivity contribution < 1.29 is 42.1 Å². The third-order valence-electron chi connectivity index (χ3n) is 8.12. The average Bonchev–Trinajstić information content (AvgIpc) is 3.07. The van der Waals surface area contributed by atoms with Crippen molar-refractivity contribution in [3.8, 4) is 0 Å². The molecule has 0 amide bonds. The van der Waals surface area contributed by atoms with E-state index in [2.05, 4.69) is 62.5 Å². The van der Waals surface area contributed by atoms with Crippen molar-refractivity contribution in [1.82, 2.24) is 0 Å². The van der Waals surface area contributed by atoms with E-state index in [4.69, 9.17) is 18.5 Å². The first-order chi connectivity index (χ1) is 24.5. The van der Waals surface area contributed by atoms with Crippen molar-refractivity contribution in [1.29, 1.82) is 0 Å². The number of phosphoric ester groups is 1. The van der Waals surface area contributed by atoms with Gasteiger partial charge in [0.05, 0.1) is 27.7 Å². The Morgan fingerprint density at radius 1 is 0.627 bits per heavy atom. The Balaban J connectivity index is 4.51. The van der Waals surface area contributed by atoms with Gasteiger partial charge in [0, 0.05) is 12.8 Å². The number of rotatable bonds is 35. The van der Waals surface area contributed by atoms with Crippen molar-refractivity contribution in [3.63, 3.8) is 0 Å². The van der Waals surface area contributed by atoms with Gasteiger partial charge in [-0.05, 0) is 51.4 Å². The van der Waals surface area contributed by atoms with Crippen LogP contribution in [0.5, 0.6) is 0 Å². The second-order valence-corrected chi connectivity index (χ2v) is 15.7. The van der Waals surface area contributed by atoms with E-state index in [0.717, 1.165) is 57.8 Å². The molecule has 0 bridgehead atoms. The van der Waals surface area contributed by atoms with Crippen LogP contribution in [0.2, 0.25) is 0 Å². The zero-order valence-electron chi connectivity index (χ0n) is 33.1. The zero-order valence-corrected chi connectivity index (χ0v) is 34.0. The summed E-state index contributed by atoms with van der Waals surface area (Å²) < 4.78 is 34.1. The lowest BCUT2D eigenvalue weighted by atomic mass is 10.0. The van der Waals surface area contributed by atoms with Crippen molar-refractivity contribution in [2.45, 2.75) is 155 Å². The van der Waals surface area contributed by atoms with E-state index in [-0.39, 0.29) is 32.0 Å². The van der Waals surface area contributed by atoms with Crippen LogP contribution in [0.1, 0.15) is 149 Å². The molecule has 0 aromatic carbocycles. The second kappa shape index (κ2) is 33.8. The lowest BCUT2D eigenvalue weighted by Crippen LogP contribution is -2.37. The number of allylic oxidation sites excluding steroid dienone is 8. The molecule has 0 aliphatic rings. The zero-order chi connectivity index (χ0) is 37.9. The Hall–Kier alpha value is -2.03. The third-order valence-corrected chi connectivity index (χ3v) is 9.11. The molecule has 0 saturated carbocycles. The smallest absolute Gasteiger partial charge is 0.462 e. The molecule has 0 aliphatic heterocycles. The maximum Gasteiger partial charge on any atom is 0.472 e. The highest BCUT2D eigenvalue weighted by molar-refractivity contribution is 7.47. The number of esters is 2. The molecule has 296 valence electrons. The Morgan fingerprint density at radius 3 is 1.67 bits per heavy atom. The monoisotopic (exact) mass is 741 g/mol. The molecule has 0 aromatic rings. The molecular formula is C41H75NO8P+. The van der Waals surface area contributed by atoms with Gasteiger partial charge in [-0.25, -0.2) is 4.57 Å². The standard InChI is InChI=1S/C41H74NO8P/c1-6-8-10-12-14-16-18-20-21-22-24-26-28-30-32-34-41(44)50-39(38-49-51(45,46)48-36-35-42(3,4)5)37-47-40(43)33-31-29-27-25-23-19-17-15-13-11-9-7-2/h8,10,14,16,20-21,24,26,39H,6-7,9,11-13,15,17-19,22-23,25,27-38H2,1-5H3/p+1/b10-8-,16-14-,21-20-,26-24-/t39-/m1/s1. The highest BCUT2D eigenvalue weighted by Gasteiger charge is 2.27. The maximum absolute atomic E-state index is 12.6. The van der Waals surface area contributed by atoms with Crippen molar-refractivity contribution in [3.05, 3.63) is 48.6 Å². The number of hydrogen-bond acceptors (Lipinski definition) is 7. The van der Waals surface area contributed by atoms with E-state index in [9.17, 15) is 19.0 Å². The number of phosphoric acid groups is 1. The number of quaternary nitrogens is 1. The normalized spacial score (nSPS) is 14.2. The van der Waals surface area contributed by atoms with Gasteiger partial charge in [-0.15, -0.1) is 0 Å². The van der Waals surface area contributed by atoms with E-state index in [0.29, 0.717) is 17.4 Å². The second-order valence-electron chi connectivity index (χ2n) is 14.3. The summed E-state index contributed by atoms with van der Waals surface area (Å²) >= 11 is 0. The number of nitrogens with zero attached hydrogens (tertiary/aromatic N) is 1. The first kappa shape index (κ1) is 49.0. The topological polar surface area (TPSA) is 108 Å². The van der Waals surface area contributed by atoms with Gasteiger partial charge in [-0.1, -0.05) is 133 Å². The van der Waals surface area contributed by atoms with Gasteiger partial charge in [-0.3, -0.25) is 18.6 Å². The number of hydrogen-bond donors (Lipinski definition) is 1. The molecule has 2 atom stereocenters. The molecule has 0 aromatic heterocycles. The molecule has 1 N–H and O–H groups in total. The number of carbonyl (C=O) groups is 2. The minimum atomic E-state index is -4.38. The molecule has 0 aliphatic carbocycles. The molecule has 0 radical (unpaired) electrons. The summed E-state index contributed by atoms with van der Waals surface area (Å²) in [5.41, 5.74) is 0. The fraction of sp³-hybridized carbons (Fsp3) is 0.756. The average molecular weight is 741 g/mol. The van der Waals surface area contributed by atoms with Crippen LogP contribution < -0.4 is 0 Å². The Bertz CT molecular complexity index is 1020. The van der Waals surface area contributed by atoms with Crippen molar-refractivity contribution in [2.24, 2.45) is 0 Å². The minimum absolute atomic E-state index is 0.0229. The van der Waals surface area contributed by atoms with E-state index in [1.165, 1.54) is 57.8 Å². The molecule has 0 spiro atoms. The predicted molar refractivity (Wildman–Crippen MR) is 210 cm³/mol. The van der Waals surface area contributed by atoms with E-state index >= 15 is 0 Å². The van der Waals surface area contributed by atoms with Crippen LogP contribution in [-0.2, 0) is 32.7 Å². The Morgan fingerprint density at radius 2 is 1.12 bits per heavy atom. The fourth-order valence-corrected chi connectivity index (χ4v) is 5.74. The van der Waals surface area contributed by atoms with Crippen LogP contribution in [0, 0.1) is 0 Å². The molecular weight excluding hydrogens is 665 g/mol. The van der Waals surface area contributed by atoms with Crippen LogP contribution in [0.4, 0.5) is 0 Å². The molecule has 0 saturated heterocycles. The molecule has 9 nitrogen and oxygen atoms in total. The highest BCUT2D eigenvalue weighted by atomic mass is 31.2. The van der Waals surface area contributed by atoms with Crippen molar-refractivity contribution in [2.75, 3.05) is 47.5 Å². The van der Waals surface area contributed by atoms with E-state index in [1.807, 2.05) is 21.1 Å². The molecule has 0 rings (SSSR count). The fourth-order valence-electron chi connectivity index (χ4n) is 5.00. The number of carbonyl (C=O) groups excluding carboxylic acids is 2. The molecule has 0 fully saturated rings. The van der Waals surface area contributed by atoms with E-state index in [1.54, 1.807) is 0 Å². The number of ether oxygens (including phenoxy) is 2. The number of unbranched alkanes of at least 4 members (excludes halogenated alkanes) is 13.